The standard InChI is InChI=1S/C15H19NO6/c1-9(17)13(18)16-12(8-11-6-4-3-5-7-11)15(21)22-10(2)14(19)20/h3-7,9-10,12,17H,8H2,1-2H3,(H,16,18)(H,19,20). The number of carboxylic acid groups (broad SMARTS) is 1. The van der Waals surface area contributed by atoms with Crippen molar-refractivity contribution in [2.75, 3.05) is 0 Å². The summed E-state index contributed by atoms with van der Waals surface area (Å²) in [5, 5.41) is 20.4. The molecule has 7 heteroatoms. The molecule has 3 atom stereocenters. The zero-order chi connectivity index (χ0) is 16.7. The fourth-order valence-corrected chi connectivity index (χ4v) is 1.64. The number of rotatable bonds is 7. The highest BCUT2D eigenvalue weighted by atomic mass is 16.6. The Kier molecular flexibility index (Phi) is 6.52. The van der Waals surface area contributed by atoms with Crippen LogP contribution in [0, 0.1) is 0 Å². The number of amides is 1. The Bertz CT molecular complexity index is 528. The number of ether oxygens (including phenoxy) is 1. The summed E-state index contributed by atoms with van der Waals surface area (Å²) in [6.07, 6.45) is -2.48. The first kappa shape index (κ1) is 17.6. The Hall–Kier alpha value is -2.41. The van der Waals surface area contributed by atoms with E-state index in [1.807, 2.05) is 0 Å². The predicted molar refractivity (Wildman–Crippen MR) is 76.9 cm³/mol. The summed E-state index contributed by atoms with van der Waals surface area (Å²) in [5.74, 6) is -2.89. The zero-order valence-electron chi connectivity index (χ0n) is 12.4. The number of aliphatic hydroxyl groups excluding tert-OH is 1. The monoisotopic (exact) mass is 309 g/mol. The van der Waals surface area contributed by atoms with Gasteiger partial charge in [0.25, 0.3) is 0 Å². The van der Waals surface area contributed by atoms with E-state index in [0.29, 0.717) is 0 Å². The van der Waals surface area contributed by atoms with E-state index in [4.69, 9.17) is 9.84 Å². The fourth-order valence-electron chi connectivity index (χ4n) is 1.64. The first-order valence-corrected chi connectivity index (χ1v) is 6.77. The van der Waals surface area contributed by atoms with Gasteiger partial charge in [0.15, 0.2) is 6.10 Å². The number of carbonyl (C=O) groups excluding carboxylic acids is 2. The Morgan fingerprint density at radius 2 is 1.77 bits per heavy atom. The van der Waals surface area contributed by atoms with Gasteiger partial charge >= 0.3 is 11.9 Å². The molecule has 1 aromatic carbocycles. The Balaban J connectivity index is 2.83. The summed E-state index contributed by atoms with van der Waals surface area (Å²) in [6.45, 7) is 2.48. The molecule has 1 rings (SSSR count). The van der Waals surface area contributed by atoms with Crippen molar-refractivity contribution in [2.45, 2.75) is 38.5 Å². The maximum atomic E-state index is 12.0. The Morgan fingerprint density at radius 3 is 2.27 bits per heavy atom. The Labute approximate surface area is 127 Å². The number of benzene rings is 1. The van der Waals surface area contributed by atoms with Gasteiger partial charge in [0.2, 0.25) is 5.91 Å². The lowest BCUT2D eigenvalue weighted by Crippen LogP contribution is -2.47. The van der Waals surface area contributed by atoms with E-state index in [2.05, 4.69) is 5.32 Å². The second-order valence-electron chi connectivity index (χ2n) is 4.84. The average molecular weight is 309 g/mol. The normalized spacial score (nSPS) is 14.5. The predicted octanol–water partition coefficient (Wildman–Crippen LogP) is 0.111. The van der Waals surface area contributed by atoms with Crippen molar-refractivity contribution in [1.82, 2.24) is 5.32 Å². The number of nitrogens with one attached hydrogen (secondary N) is 1. The topological polar surface area (TPSA) is 113 Å². The molecule has 0 saturated carbocycles. The Morgan fingerprint density at radius 1 is 1.18 bits per heavy atom. The molecule has 0 fully saturated rings. The number of hydrogen-bond acceptors (Lipinski definition) is 5. The van der Waals surface area contributed by atoms with Crippen LogP contribution < -0.4 is 5.32 Å². The summed E-state index contributed by atoms with van der Waals surface area (Å²) >= 11 is 0. The van der Waals surface area contributed by atoms with Crippen LogP contribution >= 0.6 is 0 Å². The van der Waals surface area contributed by atoms with Crippen LogP contribution in [0.1, 0.15) is 19.4 Å². The molecule has 0 aliphatic rings. The summed E-state index contributed by atoms with van der Waals surface area (Å²) in [7, 11) is 0. The second kappa shape index (κ2) is 8.14. The van der Waals surface area contributed by atoms with Crippen molar-refractivity contribution >= 4 is 17.8 Å². The minimum atomic E-state index is -1.32. The molecule has 0 heterocycles. The number of esters is 1. The number of hydrogen-bond donors (Lipinski definition) is 3. The van der Waals surface area contributed by atoms with Gasteiger partial charge in [0, 0.05) is 6.42 Å². The van der Waals surface area contributed by atoms with Gasteiger partial charge in [0.1, 0.15) is 12.1 Å². The third kappa shape index (κ3) is 5.53. The first-order chi connectivity index (χ1) is 10.3. The molecule has 0 bridgehead atoms. The molecule has 0 radical (unpaired) electrons. The highest BCUT2D eigenvalue weighted by Gasteiger charge is 2.27. The SMILES string of the molecule is CC(O)C(=O)NC(Cc1ccccc1)C(=O)OC(C)C(=O)O. The van der Waals surface area contributed by atoms with Gasteiger partial charge in [0.05, 0.1) is 0 Å². The maximum Gasteiger partial charge on any atom is 0.344 e. The lowest BCUT2D eigenvalue weighted by molar-refractivity contribution is -0.164. The first-order valence-electron chi connectivity index (χ1n) is 6.77. The van der Waals surface area contributed by atoms with E-state index in [9.17, 15) is 19.5 Å². The van der Waals surface area contributed by atoms with Crippen LogP contribution in [0.15, 0.2) is 30.3 Å². The van der Waals surface area contributed by atoms with Crippen molar-refractivity contribution in [3.8, 4) is 0 Å². The van der Waals surface area contributed by atoms with E-state index in [1.54, 1.807) is 30.3 Å². The van der Waals surface area contributed by atoms with Crippen LogP contribution in [0.3, 0.4) is 0 Å². The van der Waals surface area contributed by atoms with Gasteiger partial charge < -0.3 is 20.3 Å². The summed E-state index contributed by atoms with van der Waals surface area (Å²) < 4.78 is 4.79. The molecule has 0 aliphatic heterocycles. The highest BCUT2D eigenvalue weighted by Crippen LogP contribution is 2.06. The lowest BCUT2D eigenvalue weighted by Gasteiger charge is -2.20. The summed E-state index contributed by atoms with van der Waals surface area (Å²) in [6, 6.07) is 7.79. The molecule has 3 N–H and O–H groups in total. The molecule has 0 aliphatic carbocycles. The lowest BCUT2D eigenvalue weighted by atomic mass is 10.1. The summed E-state index contributed by atoms with van der Waals surface area (Å²) in [4.78, 5) is 34.4. The molecule has 22 heavy (non-hydrogen) atoms. The molecule has 1 amide bonds. The molecule has 0 aromatic heterocycles. The largest absolute Gasteiger partial charge is 0.479 e. The van der Waals surface area contributed by atoms with Gasteiger partial charge in [-0.2, -0.15) is 0 Å². The average Bonchev–Trinajstić information content (AvgIpc) is 2.47. The molecular formula is C15H19NO6. The highest BCUT2D eigenvalue weighted by molar-refractivity contribution is 5.87. The molecule has 3 unspecified atom stereocenters. The van der Waals surface area contributed by atoms with Crippen molar-refractivity contribution in [3.63, 3.8) is 0 Å². The molecule has 1 aromatic rings. The number of carboxylic acids is 1. The quantitative estimate of drug-likeness (QED) is 0.616. The smallest absolute Gasteiger partial charge is 0.344 e. The third-order valence-corrected chi connectivity index (χ3v) is 2.90. The van der Waals surface area contributed by atoms with E-state index < -0.39 is 36.1 Å². The van der Waals surface area contributed by atoms with E-state index in [-0.39, 0.29) is 6.42 Å². The van der Waals surface area contributed by atoms with Gasteiger partial charge in [-0.3, -0.25) is 4.79 Å². The molecule has 120 valence electrons. The van der Waals surface area contributed by atoms with Crippen molar-refractivity contribution in [2.24, 2.45) is 0 Å². The van der Waals surface area contributed by atoms with Crippen LogP contribution in [0.5, 0.6) is 0 Å². The molecular weight excluding hydrogens is 290 g/mol. The zero-order valence-corrected chi connectivity index (χ0v) is 12.4. The third-order valence-electron chi connectivity index (χ3n) is 2.90. The number of aliphatic hydroxyl groups is 1. The van der Waals surface area contributed by atoms with Crippen LogP contribution in [0.25, 0.3) is 0 Å². The van der Waals surface area contributed by atoms with Crippen molar-refractivity contribution in [1.29, 1.82) is 0 Å². The van der Waals surface area contributed by atoms with Crippen LogP contribution in [-0.4, -0.2) is 46.3 Å². The van der Waals surface area contributed by atoms with E-state index in [0.717, 1.165) is 5.56 Å². The molecule has 7 nitrogen and oxygen atoms in total. The van der Waals surface area contributed by atoms with Gasteiger partial charge in [-0.05, 0) is 19.4 Å². The fraction of sp³-hybridized carbons (Fsp3) is 0.400. The number of aliphatic carboxylic acids is 1. The van der Waals surface area contributed by atoms with Crippen LogP contribution in [0.4, 0.5) is 0 Å². The summed E-state index contributed by atoms with van der Waals surface area (Å²) in [5.41, 5.74) is 0.762. The van der Waals surface area contributed by atoms with E-state index in [1.165, 1.54) is 13.8 Å². The van der Waals surface area contributed by atoms with Crippen molar-refractivity contribution in [3.05, 3.63) is 35.9 Å². The number of carbonyl (C=O) groups is 3. The minimum Gasteiger partial charge on any atom is -0.479 e. The van der Waals surface area contributed by atoms with Gasteiger partial charge in [-0.1, -0.05) is 30.3 Å². The second-order valence-corrected chi connectivity index (χ2v) is 4.84. The minimum absolute atomic E-state index is 0.129. The van der Waals surface area contributed by atoms with Crippen molar-refractivity contribution < 1.29 is 29.3 Å². The van der Waals surface area contributed by atoms with Crippen LogP contribution in [-0.2, 0) is 25.5 Å². The van der Waals surface area contributed by atoms with Gasteiger partial charge in [-0.15, -0.1) is 0 Å². The maximum absolute atomic E-state index is 12.0. The molecule has 0 saturated heterocycles. The van der Waals surface area contributed by atoms with Gasteiger partial charge in [-0.25, -0.2) is 9.59 Å². The molecule has 0 spiro atoms. The van der Waals surface area contributed by atoms with Crippen LogP contribution in [0.2, 0.25) is 0 Å². The van der Waals surface area contributed by atoms with E-state index >= 15 is 0 Å².